The number of likely N-dealkylation sites (tertiary alicyclic amines) is 2. The predicted molar refractivity (Wildman–Crippen MR) is 128 cm³/mol. The first-order valence-corrected chi connectivity index (χ1v) is 10.6. The summed E-state index contributed by atoms with van der Waals surface area (Å²) in [5, 5.41) is 3.42. The number of guanidine groups is 1. The topological polar surface area (TPSA) is 74.2 Å². The zero-order valence-electron chi connectivity index (χ0n) is 17.9. The number of piperidine rings is 1. The molecule has 0 atom stereocenters. The van der Waals surface area contributed by atoms with Gasteiger partial charge in [0.25, 0.3) is 0 Å². The molecule has 0 unspecified atom stereocenters. The second-order valence-electron chi connectivity index (χ2n) is 7.65. The van der Waals surface area contributed by atoms with Crippen LogP contribution in [0.25, 0.3) is 0 Å². The van der Waals surface area contributed by atoms with Gasteiger partial charge in [-0.15, -0.1) is 24.0 Å². The molecule has 0 radical (unpaired) electrons. The number of benzene rings is 1. The Morgan fingerprint density at radius 3 is 2.40 bits per heavy atom. The fraction of sp³-hybridized carbons (Fsp3) is 0.591. The smallest absolute Gasteiger partial charge is 0.309 e. The van der Waals surface area contributed by atoms with Gasteiger partial charge in [0, 0.05) is 46.2 Å². The molecule has 8 heteroatoms. The zero-order chi connectivity index (χ0) is 20.6. The quantitative estimate of drug-likeness (QED) is 0.266. The average molecular weight is 528 g/mol. The number of aliphatic imine (C=N–C) groups is 1. The van der Waals surface area contributed by atoms with Crippen LogP contribution >= 0.6 is 24.0 Å². The van der Waals surface area contributed by atoms with E-state index in [-0.39, 0.29) is 41.8 Å². The predicted octanol–water partition coefficient (Wildman–Crippen LogP) is 2.78. The van der Waals surface area contributed by atoms with Crippen LogP contribution in [0.5, 0.6) is 0 Å². The Bertz CT molecular complexity index is 730. The average Bonchev–Trinajstić information content (AvgIpc) is 3.14. The number of halogens is 1. The first-order chi connectivity index (χ1) is 14.1. The molecule has 166 valence electrons. The van der Waals surface area contributed by atoms with E-state index in [1.807, 2.05) is 11.8 Å². The van der Waals surface area contributed by atoms with E-state index in [2.05, 4.69) is 39.5 Å². The monoisotopic (exact) mass is 528 g/mol. The number of ether oxygens (including phenoxy) is 1. The molecule has 2 heterocycles. The van der Waals surface area contributed by atoms with Crippen LogP contribution in [-0.4, -0.2) is 60.9 Å². The summed E-state index contributed by atoms with van der Waals surface area (Å²) in [4.78, 5) is 32.2. The van der Waals surface area contributed by atoms with Crippen LogP contribution in [0.1, 0.15) is 43.7 Å². The van der Waals surface area contributed by atoms with Gasteiger partial charge in [-0.2, -0.15) is 0 Å². The minimum absolute atomic E-state index is 0. The Morgan fingerprint density at radius 1 is 1.17 bits per heavy atom. The highest BCUT2D eigenvalue weighted by atomic mass is 127. The summed E-state index contributed by atoms with van der Waals surface area (Å²) >= 11 is 0. The van der Waals surface area contributed by atoms with Crippen molar-refractivity contribution in [3.8, 4) is 0 Å². The molecule has 2 aliphatic heterocycles. The van der Waals surface area contributed by atoms with Gasteiger partial charge in [-0.1, -0.05) is 24.3 Å². The second kappa shape index (κ2) is 12.1. The van der Waals surface area contributed by atoms with E-state index in [1.54, 1.807) is 7.05 Å². The van der Waals surface area contributed by atoms with Crippen molar-refractivity contribution in [2.75, 3.05) is 33.3 Å². The molecule has 3 rings (SSSR count). The third-order valence-corrected chi connectivity index (χ3v) is 5.64. The summed E-state index contributed by atoms with van der Waals surface area (Å²) < 4.78 is 5.14. The van der Waals surface area contributed by atoms with Crippen LogP contribution in [0.4, 0.5) is 0 Å². The number of amides is 1. The molecule has 1 amide bonds. The molecule has 2 fully saturated rings. The number of hydrogen-bond acceptors (Lipinski definition) is 4. The highest BCUT2D eigenvalue weighted by Gasteiger charge is 2.27. The molecule has 0 bridgehead atoms. The molecule has 7 nitrogen and oxygen atoms in total. The van der Waals surface area contributed by atoms with Crippen LogP contribution in [0.3, 0.4) is 0 Å². The number of carbonyl (C=O) groups excluding carboxylic acids is 2. The standard InChI is InChI=1S/C22H32N4O3.HI/c1-3-29-21(28)19-10-13-25(14-11-19)22(23-2)24-15-17-6-8-18(9-7-17)16-26-12-4-5-20(26)27;/h6-9,19H,3-5,10-16H2,1-2H3,(H,23,24);1H. The lowest BCUT2D eigenvalue weighted by Crippen LogP contribution is -2.46. The third kappa shape index (κ3) is 6.58. The first-order valence-electron chi connectivity index (χ1n) is 10.6. The minimum atomic E-state index is -0.0779. The van der Waals surface area contributed by atoms with E-state index in [4.69, 9.17) is 4.74 Å². The van der Waals surface area contributed by atoms with Gasteiger partial charge in [0.05, 0.1) is 12.5 Å². The van der Waals surface area contributed by atoms with Crippen molar-refractivity contribution in [2.24, 2.45) is 10.9 Å². The summed E-state index contributed by atoms with van der Waals surface area (Å²) in [5.74, 6) is 1.04. The Kier molecular flexibility index (Phi) is 9.87. The van der Waals surface area contributed by atoms with Crippen LogP contribution in [0, 0.1) is 5.92 Å². The summed E-state index contributed by atoms with van der Waals surface area (Å²) in [6, 6.07) is 8.39. The number of carbonyl (C=O) groups is 2. The van der Waals surface area contributed by atoms with Crippen LogP contribution < -0.4 is 5.32 Å². The molecule has 1 aromatic rings. The van der Waals surface area contributed by atoms with E-state index in [9.17, 15) is 9.59 Å². The third-order valence-electron chi connectivity index (χ3n) is 5.64. The molecule has 0 aliphatic carbocycles. The highest BCUT2D eigenvalue weighted by Crippen LogP contribution is 2.19. The molecule has 2 aliphatic rings. The number of nitrogens with one attached hydrogen (secondary N) is 1. The van der Waals surface area contributed by atoms with Crippen molar-refractivity contribution in [3.63, 3.8) is 0 Å². The van der Waals surface area contributed by atoms with Gasteiger partial charge in [-0.05, 0) is 37.3 Å². The maximum atomic E-state index is 11.9. The van der Waals surface area contributed by atoms with E-state index < -0.39 is 0 Å². The molecule has 1 N–H and O–H groups in total. The van der Waals surface area contributed by atoms with Crippen molar-refractivity contribution < 1.29 is 14.3 Å². The normalized spacial score (nSPS) is 17.7. The van der Waals surface area contributed by atoms with Gasteiger partial charge in [-0.25, -0.2) is 0 Å². The lowest BCUT2D eigenvalue weighted by atomic mass is 9.97. The lowest BCUT2D eigenvalue weighted by Gasteiger charge is -2.33. The van der Waals surface area contributed by atoms with E-state index in [1.165, 1.54) is 5.56 Å². The van der Waals surface area contributed by atoms with Crippen LogP contribution in [0.2, 0.25) is 0 Å². The summed E-state index contributed by atoms with van der Waals surface area (Å²) in [6.45, 7) is 6.13. The van der Waals surface area contributed by atoms with Gasteiger partial charge in [0.15, 0.2) is 5.96 Å². The van der Waals surface area contributed by atoms with Crippen molar-refractivity contribution in [2.45, 2.75) is 45.7 Å². The number of rotatable bonds is 6. The number of nitrogens with zero attached hydrogens (tertiary/aromatic N) is 3. The van der Waals surface area contributed by atoms with Crippen molar-refractivity contribution in [3.05, 3.63) is 35.4 Å². The summed E-state index contributed by atoms with van der Waals surface area (Å²) in [5.41, 5.74) is 2.33. The molecule has 2 saturated heterocycles. The summed E-state index contributed by atoms with van der Waals surface area (Å²) in [6.07, 6.45) is 3.24. The zero-order valence-corrected chi connectivity index (χ0v) is 20.3. The Morgan fingerprint density at radius 2 is 1.83 bits per heavy atom. The molecule has 30 heavy (non-hydrogen) atoms. The van der Waals surface area contributed by atoms with Crippen LogP contribution in [0.15, 0.2) is 29.3 Å². The Labute approximate surface area is 196 Å². The van der Waals surface area contributed by atoms with Gasteiger partial charge in [-0.3, -0.25) is 14.6 Å². The molecular formula is C22H33IN4O3. The molecule has 0 saturated carbocycles. The fourth-order valence-electron chi connectivity index (χ4n) is 3.95. The van der Waals surface area contributed by atoms with Crippen molar-refractivity contribution in [1.82, 2.24) is 15.1 Å². The molecule has 0 aromatic heterocycles. The maximum Gasteiger partial charge on any atom is 0.309 e. The number of esters is 1. The van der Waals surface area contributed by atoms with Gasteiger partial charge in [0.1, 0.15) is 0 Å². The Hall–Kier alpha value is -1.84. The fourth-order valence-corrected chi connectivity index (χ4v) is 3.95. The second-order valence-corrected chi connectivity index (χ2v) is 7.65. The van der Waals surface area contributed by atoms with Gasteiger partial charge in [0.2, 0.25) is 5.91 Å². The van der Waals surface area contributed by atoms with Gasteiger partial charge >= 0.3 is 5.97 Å². The number of hydrogen-bond donors (Lipinski definition) is 1. The minimum Gasteiger partial charge on any atom is -0.466 e. The molecule has 0 spiro atoms. The first kappa shape index (κ1) is 24.4. The van der Waals surface area contributed by atoms with Crippen LogP contribution in [-0.2, 0) is 27.4 Å². The highest BCUT2D eigenvalue weighted by molar-refractivity contribution is 14.0. The van der Waals surface area contributed by atoms with Crippen molar-refractivity contribution in [1.29, 1.82) is 0 Å². The summed E-state index contributed by atoms with van der Waals surface area (Å²) in [7, 11) is 1.79. The van der Waals surface area contributed by atoms with E-state index in [0.717, 1.165) is 50.4 Å². The SMILES string of the molecule is CCOC(=O)C1CCN(C(=NC)NCc2ccc(CN3CCCC3=O)cc2)CC1.I. The van der Waals surface area contributed by atoms with E-state index in [0.29, 0.717) is 26.1 Å². The molecule has 1 aromatic carbocycles. The molecular weight excluding hydrogens is 495 g/mol. The lowest BCUT2D eigenvalue weighted by molar-refractivity contribution is -0.149. The van der Waals surface area contributed by atoms with E-state index >= 15 is 0 Å². The van der Waals surface area contributed by atoms with Gasteiger partial charge < -0.3 is 19.9 Å². The maximum absolute atomic E-state index is 11.9. The van der Waals surface area contributed by atoms with Crippen molar-refractivity contribution >= 4 is 41.8 Å². The largest absolute Gasteiger partial charge is 0.466 e. The Balaban J connectivity index is 0.00000320.